The summed E-state index contributed by atoms with van der Waals surface area (Å²) in [4.78, 5) is 35.9. The van der Waals surface area contributed by atoms with E-state index in [2.05, 4.69) is 10.0 Å². The molecule has 1 aliphatic heterocycles. The van der Waals surface area contributed by atoms with Crippen molar-refractivity contribution in [2.75, 3.05) is 6.54 Å². The minimum absolute atomic E-state index is 0.177. The lowest BCUT2D eigenvalue weighted by atomic mass is 10.1. The highest BCUT2D eigenvalue weighted by Crippen LogP contribution is 2.28. The molecule has 1 saturated heterocycles. The van der Waals surface area contributed by atoms with Crippen molar-refractivity contribution >= 4 is 17.9 Å². The second kappa shape index (κ2) is 7.46. The van der Waals surface area contributed by atoms with E-state index in [4.69, 9.17) is 24.5 Å². The fourth-order valence-electron chi connectivity index (χ4n) is 1.86. The molecule has 1 aliphatic rings. The van der Waals surface area contributed by atoms with Crippen molar-refractivity contribution in [2.24, 2.45) is 5.11 Å². The van der Waals surface area contributed by atoms with Crippen LogP contribution in [0.4, 0.5) is 0 Å². The number of azide groups is 1. The van der Waals surface area contributed by atoms with Crippen molar-refractivity contribution in [3.63, 3.8) is 0 Å². The van der Waals surface area contributed by atoms with Gasteiger partial charge in [0.2, 0.25) is 12.4 Å². The largest absolute Gasteiger partial charge is 0.456 e. The van der Waals surface area contributed by atoms with Crippen LogP contribution in [-0.4, -0.2) is 49.1 Å². The van der Waals surface area contributed by atoms with Gasteiger partial charge >= 0.3 is 17.9 Å². The molecule has 0 aromatic rings. The van der Waals surface area contributed by atoms with Crippen molar-refractivity contribution in [3.05, 3.63) is 10.4 Å². The van der Waals surface area contributed by atoms with Gasteiger partial charge in [0.1, 0.15) is 6.10 Å². The molecule has 0 aromatic carbocycles. The molecule has 0 aliphatic carbocycles. The Labute approximate surface area is 119 Å². The van der Waals surface area contributed by atoms with Gasteiger partial charge in [-0.15, -0.1) is 0 Å². The molecule has 10 nitrogen and oxygen atoms in total. The Bertz CT molecular complexity index is 446. The van der Waals surface area contributed by atoms with Crippen molar-refractivity contribution in [1.82, 2.24) is 0 Å². The fraction of sp³-hybridized carbons (Fsp3) is 0.727. The van der Waals surface area contributed by atoms with E-state index in [-0.39, 0.29) is 6.54 Å². The van der Waals surface area contributed by atoms with E-state index in [0.29, 0.717) is 0 Å². The van der Waals surface area contributed by atoms with E-state index in [1.807, 2.05) is 0 Å². The number of hydrogen-bond donors (Lipinski definition) is 0. The lowest BCUT2D eigenvalue weighted by Crippen LogP contribution is -2.41. The number of nitrogens with zero attached hydrogens (tertiary/aromatic N) is 3. The van der Waals surface area contributed by atoms with Crippen molar-refractivity contribution in [3.8, 4) is 0 Å². The highest BCUT2D eigenvalue weighted by Gasteiger charge is 2.50. The topological polar surface area (TPSA) is 137 Å². The van der Waals surface area contributed by atoms with Crippen LogP contribution in [0.25, 0.3) is 10.4 Å². The first-order chi connectivity index (χ1) is 9.85. The summed E-state index contributed by atoms with van der Waals surface area (Å²) in [6.07, 6.45) is -4.30. The predicted molar refractivity (Wildman–Crippen MR) is 65.5 cm³/mol. The monoisotopic (exact) mass is 301 g/mol. The van der Waals surface area contributed by atoms with Gasteiger partial charge in [-0.2, -0.15) is 0 Å². The van der Waals surface area contributed by atoms with Gasteiger partial charge in [0, 0.05) is 25.7 Å². The molecule has 0 saturated carbocycles. The molecule has 21 heavy (non-hydrogen) atoms. The first-order valence-corrected chi connectivity index (χ1v) is 6.03. The Morgan fingerprint density at radius 1 is 1.05 bits per heavy atom. The average Bonchev–Trinajstić information content (AvgIpc) is 2.63. The zero-order valence-electron chi connectivity index (χ0n) is 11.7. The van der Waals surface area contributed by atoms with Gasteiger partial charge in [-0.1, -0.05) is 5.11 Å². The summed E-state index contributed by atoms with van der Waals surface area (Å²) in [6.45, 7) is 3.28. The molecule has 0 N–H and O–H groups in total. The predicted octanol–water partition coefficient (Wildman–Crippen LogP) is 0.448. The van der Waals surface area contributed by atoms with Crippen LogP contribution >= 0.6 is 0 Å². The number of carbonyl (C=O) groups excluding carboxylic acids is 3. The minimum Gasteiger partial charge on any atom is -0.456 e. The molecule has 0 bridgehead atoms. The van der Waals surface area contributed by atoms with Gasteiger partial charge in [-0.3, -0.25) is 14.4 Å². The molecule has 1 fully saturated rings. The third kappa shape index (κ3) is 4.93. The number of esters is 3. The van der Waals surface area contributed by atoms with Crippen LogP contribution in [0.2, 0.25) is 0 Å². The van der Waals surface area contributed by atoms with Crippen LogP contribution in [0.15, 0.2) is 5.11 Å². The van der Waals surface area contributed by atoms with Crippen LogP contribution < -0.4 is 0 Å². The molecule has 0 radical (unpaired) electrons. The molecule has 116 valence electrons. The lowest BCUT2D eigenvalue weighted by molar-refractivity contribution is -0.195. The number of hydrogen-bond acceptors (Lipinski definition) is 8. The van der Waals surface area contributed by atoms with Gasteiger partial charge in [-0.05, 0) is 5.53 Å². The van der Waals surface area contributed by atoms with Crippen molar-refractivity contribution < 1.29 is 33.3 Å². The maximum absolute atomic E-state index is 11.1. The van der Waals surface area contributed by atoms with E-state index < -0.39 is 42.5 Å². The first kappa shape index (κ1) is 16.7. The zero-order valence-corrected chi connectivity index (χ0v) is 11.7. The second-order valence-corrected chi connectivity index (χ2v) is 4.21. The maximum atomic E-state index is 11.1. The zero-order chi connectivity index (χ0) is 16.0. The van der Waals surface area contributed by atoms with Crippen LogP contribution in [0.3, 0.4) is 0 Å². The molecule has 0 unspecified atom stereocenters. The third-order valence-corrected chi connectivity index (χ3v) is 2.48. The molecule has 0 spiro atoms. The maximum Gasteiger partial charge on any atom is 0.305 e. The Morgan fingerprint density at radius 3 is 2.05 bits per heavy atom. The van der Waals surface area contributed by atoms with Crippen molar-refractivity contribution in [1.29, 1.82) is 0 Å². The van der Waals surface area contributed by atoms with E-state index in [1.54, 1.807) is 0 Å². The standard InChI is InChI=1S/C11H15N3O7/c1-5(15)18-9-8(4-13-14-12)21-11(20-7(3)17)10(9)19-6(2)16/h8-11H,4H2,1-3H3/t8-,9-,10+,11-/m1/s1. The summed E-state index contributed by atoms with van der Waals surface area (Å²) in [5.41, 5.74) is 8.34. The summed E-state index contributed by atoms with van der Waals surface area (Å²) in [7, 11) is 0. The van der Waals surface area contributed by atoms with Gasteiger partial charge < -0.3 is 18.9 Å². The Kier molecular flexibility index (Phi) is 5.94. The lowest BCUT2D eigenvalue weighted by Gasteiger charge is -2.22. The van der Waals surface area contributed by atoms with E-state index >= 15 is 0 Å². The molecular weight excluding hydrogens is 286 g/mol. The molecule has 1 heterocycles. The molecule has 0 amide bonds. The summed E-state index contributed by atoms with van der Waals surface area (Å²) in [5.74, 6) is -1.97. The summed E-state index contributed by atoms with van der Waals surface area (Å²) in [5, 5.41) is 3.32. The Hall–Kier alpha value is -2.32. The SMILES string of the molecule is CC(=O)O[C@@H]1O[C@H](CN=[N+]=[N-])[C@@H](OC(C)=O)[C@@H]1OC(C)=O. The van der Waals surface area contributed by atoms with Crippen LogP contribution in [0.5, 0.6) is 0 Å². The molecule has 10 heteroatoms. The average molecular weight is 301 g/mol. The fourth-order valence-corrected chi connectivity index (χ4v) is 1.86. The minimum atomic E-state index is -1.24. The van der Waals surface area contributed by atoms with Crippen LogP contribution in [0, 0.1) is 0 Å². The normalized spacial score (nSPS) is 27.4. The molecular formula is C11H15N3O7. The van der Waals surface area contributed by atoms with Crippen LogP contribution in [-0.2, 0) is 33.3 Å². The van der Waals surface area contributed by atoms with E-state index in [0.717, 1.165) is 20.8 Å². The quantitative estimate of drug-likeness (QED) is 0.236. The van der Waals surface area contributed by atoms with Crippen LogP contribution in [0.1, 0.15) is 20.8 Å². The highest BCUT2D eigenvalue weighted by atomic mass is 16.7. The van der Waals surface area contributed by atoms with E-state index in [1.165, 1.54) is 0 Å². The van der Waals surface area contributed by atoms with Gasteiger partial charge in [0.15, 0.2) is 6.10 Å². The first-order valence-electron chi connectivity index (χ1n) is 6.03. The third-order valence-electron chi connectivity index (χ3n) is 2.48. The molecule has 0 aromatic heterocycles. The second-order valence-electron chi connectivity index (χ2n) is 4.21. The summed E-state index contributed by atoms with van der Waals surface area (Å²) >= 11 is 0. The van der Waals surface area contributed by atoms with E-state index in [9.17, 15) is 14.4 Å². The highest BCUT2D eigenvalue weighted by molar-refractivity contribution is 5.68. The number of carbonyl (C=O) groups is 3. The number of ether oxygens (including phenoxy) is 4. The number of rotatable bonds is 5. The summed E-state index contributed by atoms with van der Waals surface area (Å²) in [6, 6.07) is 0. The smallest absolute Gasteiger partial charge is 0.305 e. The molecule has 4 atom stereocenters. The molecule has 1 rings (SSSR count). The van der Waals surface area contributed by atoms with Crippen molar-refractivity contribution in [2.45, 2.75) is 45.4 Å². The van der Waals surface area contributed by atoms with Gasteiger partial charge in [0.05, 0.1) is 6.54 Å². The van der Waals surface area contributed by atoms with Gasteiger partial charge in [-0.25, -0.2) is 0 Å². The van der Waals surface area contributed by atoms with Gasteiger partial charge in [0.25, 0.3) is 0 Å². The Balaban J connectivity index is 2.98. The Morgan fingerprint density at radius 2 is 1.57 bits per heavy atom. The summed E-state index contributed by atoms with van der Waals surface area (Å²) < 4.78 is 20.2.